The Balaban J connectivity index is 2.02. The second-order valence-electron chi connectivity index (χ2n) is 4.87. The maximum absolute atomic E-state index is 12.3. The molecule has 90 valence electrons. The largest absolute Gasteiger partial charge is 0.479 e. The molecule has 1 aliphatic heterocycles. The highest BCUT2D eigenvalue weighted by Gasteiger charge is 2.36. The van der Waals surface area contributed by atoms with Crippen LogP contribution in [-0.4, -0.2) is 18.1 Å². The molecule has 3 heteroatoms. The van der Waals surface area contributed by atoms with Crippen molar-refractivity contribution >= 4 is 11.6 Å². The van der Waals surface area contributed by atoms with Crippen LogP contribution in [0.4, 0.5) is 5.69 Å². The number of para-hydroxylation sites is 2. The molecule has 0 N–H and O–H groups in total. The summed E-state index contributed by atoms with van der Waals surface area (Å²) in [4.78, 5) is 14.2. The van der Waals surface area contributed by atoms with Crippen LogP contribution in [-0.2, 0) is 4.79 Å². The van der Waals surface area contributed by atoms with Crippen molar-refractivity contribution in [3.05, 3.63) is 24.3 Å². The summed E-state index contributed by atoms with van der Waals surface area (Å²) in [5, 5.41) is 0. The number of amides is 1. The molecular formula is C14H17NO2. The van der Waals surface area contributed by atoms with Gasteiger partial charge < -0.3 is 9.64 Å². The molecule has 1 aromatic carbocycles. The zero-order valence-corrected chi connectivity index (χ0v) is 10.1. The minimum atomic E-state index is -0.356. The van der Waals surface area contributed by atoms with Gasteiger partial charge in [0.15, 0.2) is 6.10 Å². The summed E-state index contributed by atoms with van der Waals surface area (Å²) in [6.07, 6.45) is 4.34. The summed E-state index contributed by atoms with van der Waals surface area (Å²) in [7, 11) is 0. The lowest BCUT2D eigenvalue weighted by Gasteiger charge is -2.36. The average Bonchev–Trinajstić information content (AvgIpc) is 2.84. The van der Waals surface area contributed by atoms with E-state index < -0.39 is 0 Å². The Morgan fingerprint density at radius 1 is 1.24 bits per heavy atom. The zero-order valence-electron chi connectivity index (χ0n) is 10.1. The number of anilines is 1. The first kappa shape index (κ1) is 10.6. The molecular weight excluding hydrogens is 214 g/mol. The van der Waals surface area contributed by atoms with Gasteiger partial charge in [0.05, 0.1) is 5.69 Å². The number of carbonyl (C=O) groups is 1. The molecule has 0 bridgehead atoms. The number of hydrogen-bond acceptors (Lipinski definition) is 2. The highest BCUT2D eigenvalue weighted by atomic mass is 16.5. The third-order valence-electron chi connectivity index (χ3n) is 3.70. The third-order valence-corrected chi connectivity index (χ3v) is 3.70. The van der Waals surface area contributed by atoms with E-state index in [-0.39, 0.29) is 12.0 Å². The van der Waals surface area contributed by atoms with Crippen molar-refractivity contribution < 1.29 is 9.53 Å². The van der Waals surface area contributed by atoms with Crippen molar-refractivity contribution in [2.24, 2.45) is 0 Å². The van der Waals surface area contributed by atoms with Crippen LogP contribution in [0.5, 0.6) is 5.75 Å². The molecule has 0 radical (unpaired) electrons. The summed E-state index contributed by atoms with van der Waals surface area (Å²) in [5.74, 6) is 0.946. The van der Waals surface area contributed by atoms with Gasteiger partial charge in [-0.2, -0.15) is 0 Å². The van der Waals surface area contributed by atoms with Crippen LogP contribution >= 0.6 is 0 Å². The quantitative estimate of drug-likeness (QED) is 0.743. The van der Waals surface area contributed by atoms with Crippen LogP contribution < -0.4 is 9.64 Å². The predicted octanol–water partition coefficient (Wildman–Crippen LogP) is 2.74. The van der Waals surface area contributed by atoms with E-state index in [1.807, 2.05) is 36.1 Å². The van der Waals surface area contributed by atoms with E-state index in [0.29, 0.717) is 6.04 Å². The van der Waals surface area contributed by atoms with Gasteiger partial charge in [0.25, 0.3) is 5.91 Å². The van der Waals surface area contributed by atoms with Gasteiger partial charge in [0.1, 0.15) is 5.75 Å². The topological polar surface area (TPSA) is 29.5 Å². The first-order valence-electron chi connectivity index (χ1n) is 6.36. The van der Waals surface area contributed by atoms with Crippen LogP contribution in [0.25, 0.3) is 0 Å². The zero-order chi connectivity index (χ0) is 11.8. The predicted molar refractivity (Wildman–Crippen MR) is 66.3 cm³/mol. The van der Waals surface area contributed by atoms with Gasteiger partial charge >= 0.3 is 0 Å². The maximum atomic E-state index is 12.3. The number of ether oxygens (including phenoxy) is 1. The highest BCUT2D eigenvalue weighted by Crippen LogP contribution is 2.38. The van der Waals surface area contributed by atoms with Crippen molar-refractivity contribution in [1.82, 2.24) is 0 Å². The minimum absolute atomic E-state index is 0.107. The number of hydrogen-bond donors (Lipinski definition) is 0. The Labute approximate surface area is 101 Å². The summed E-state index contributed by atoms with van der Waals surface area (Å²) in [6.45, 7) is 1.83. The molecule has 2 aliphatic rings. The second-order valence-corrected chi connectivity index (χ2v) is 4.87. The van der Waals surface area contributed by atoms with Gasteiger partial charge in [0.2, 0.25) is 0 Å². The third kappa shape index (κ3) is 1.70. The molecule has 0 aromatic heterocycles. The van der Waals surface area contributed by atoms with Crippen LogP contribution in [0.1, 0.15) is 32.6 Å². The number of carbonyl (C=O) groups excluding carboxylic acids is 1. The van der Waals surface area contributed by atoms with Crippen molar-refractivity contribution in [2.45, 2.75) is 44.8 Å². The normalized spacial score (nSPS) is 24.6. The lowest BCUT2D eigenvalue weighted by Crippen LogP contribution is -2.48. The SMILES string of the molecule is CC1Oc2ccccc2N(C2CCCC2)C1=O. The van der Waals surface area contributed by atoms with Crippen molar-refractivity contribution in [1.29, 1.82) is 0 Å². The smallest absolute Gasteiger partial charge is 0.268 e. The summed E-state index contributed by atoms with van der Waals surface area (Å²) >= 11 is 0. The molecule has 1 aromatic rings. The summed E-state index contributed by atoms with van der Waals surface area (Å²) in [6, 6.07) is 8.22. The monoisotopic (exact) mass is 231 g/mol. The van der Waals surface area contributed by atoms with E-state index in [9.17, 15) is 4.79 Å². The van der Waals surface area contributed by atoms with E-state index >= 15 is 0 Å². The molecule has 1 heterocycles. The fraction of sp³-hybridized carbons (Fsp3) is 0.500. The Hall–Kier alpha value is -1.51. The lowest BCUT2D eigenvalue weighted by atomic mass is 10.1. The van der Waals surface area contributed by atoms with Gasteiger partial charge in [-0.15, -0.1) is 0 Å². The second kappa shape index (κ2) is 4.06. The van der Waals surface area contributed by atoms with Crippen molar-refractivity contribution in [3.63, 3.8) is 0 Å². The first-order valence-corrected chi connectivity index (χ1v) is 6.36. The molecule has 1 aliphatic carbocycles. The molecule has 1 amide bonds. The van der Waals surface area contributed by atoms with E-state index in [4.69, 9.17) is 4.74 Å². The molecule has 1 fully saturated rings. The Kier molecular flexibility index (Phi) is 2.54. The molecule has 17 heavy (non-hydrogen) atoms. The number of fused-ring (bicyclic) bond motifs is 1. The molecule has 0 saturated heterocycles. The molecule has 1 saturated carbocycles. The summed E-state index contributed by atoms with van der Waals surface area (Å²) in [5.41, 5.74) is 0.947. The Morgan fingerprint density at radius 2 is 1.94 bits per heavy atom. The van der Waals surface area contributed by atoms with Gasteiger partial charge in [-0.1, -0.05) is 25.0 Å². The number of nitrogens with zero attached hydrogens (tertiary/aromatic N) is 1. The first-order chi connectivity index (χ1) is 8.27. The lowest BCUT2D eigenvalue weighted by molar-refractivity contribution is -0.126. The Morgan fingerprint density at radius 3 is 2.71 bits per heavy atom. The van der Waals surface area contributed by atoms with Gasteiger partial charge in [-0.25, -0.2) is 0 Å². The van der Waals surface area contributed by atoms with Crippen molar-refractivity contribution in [3.8, 4) is 5.75 Å². The van der Waals surface area contributed by atoms with Gasteiger partial charge in [-0.05, 0) is 31.9 Å². The van der Waals surface area contributed by atoms with Crippen molar-refractivity contribution in [2.75, 3.05) is 4.90 Å². The van der Waals surface area contributed by atoms with Gasteiger partial charge in [0, 0.05) is 6.04 Å². The van der Waals surface area contributed by atoms with E-state index in [0.717, 1.165) is 24.3 Å². The van der Waals surface area contributed by atoms with E-state index in [1.165, 1.54) is 12.8 Å². The minimum Gasteiger partial charge on any atom is -0.479 e. The van der Waals surface area contributed by atoms with Crippen LogP contribution in [0.15, 0.2) is 24.3 Å². The standard InChI is InChI=1S/C14H17NO2/c1-10-14(16)15(11-6-2-3-7-11)12-8-4-5-9-13(12)17-10/h4-5,8-11H,2-3,6-7H2,1H3. The van der Waals surface area contributed by atoms with E-state index in [2.05, 4.69) is 0 Å². The molecule has 3 rings (SSSR count). The number of benzene rings is 1. The maximum Gasteiger partial charge on any atom is 0.268 e. The Bertz CT molecular complexity index is 438. The molecule has 0 spiro atoms. The number of rotatable bonds is 1. The van der Waals surface area contributed by atoms with Crippen LogP contribution in [0.3, 0.4) is 0 Å². The van der Waals surface area contributed by atoms with E-state index in [1.54, 1.807) is 0 Å². The fourth-order valence-electron chi connectivity index (χ4n) is 2.85. The molecule has 1 unspecified atom stereocenters. The molecule has 3 nitrogen and oxygen atoms in total. The van der Waals surface area contributed by atoms with Crippen LogP contribution in [0, 0.1) is 0 Å². The average molecular weight is 231 g/mol. The summed E-state index contributed by atoms with van der Waals surface area (Å²) < 4.78 is 5.64. The fourth-order valence-corrected chi connectivity index (χ4v) is 2.85. The van der Waals surface area contributed by atoms with Crippen LogP contribution in [0.2, 0.25) is 0 Å². The molecule has 1 atom stereocenters. The highest BCUT2D eigenvalue weighted by molar-refractivity contribution is 6.00. The van der Waals surface area contributed by atoms with Gasteiger partial charge in [-0.3, -0.25) is 4.79 Å².